The van der Waals surface area contributed by atoms with E-state index < -0.39 is 17.9 Å². The van der Waals surface area contributed by atoms with Gasteiger partial charge in [0.15, 0.2) is 0 Å². The van der Waals surface area contributed by atoms with E-state index in [4.69, 9.17) is 5.11 Å². The number of para-hydroxylation sites is 1. The minimum Gasteiger partial charge on any atom is -0.480 e. The molecule has 2 N–H and O–H groups in total. The molecule has 24 heavy (non-hydrogen) atoms. The number of amides is 1. The Balaban J connectivity index is 2.11. The second kappa shape index (κ2) is 7.25. The van der Waals surface area contributed by atoms with Crippen LogP contribution in [0.15, 0.2) is 29.3 Å². The van der Waals surface area contributed by atoms with Crippen molar-refractivity contribution >= 4 is 22.8 Å². The molecular weight excluding hydrogens is 310 g/mol. The largest absolute Gasteiger partial charge is 0.480 e. The zero-order valence-corrected chi connectivity index (χ0v) is 13.9. The summed E-state index contributed by atoms with van der Waals surface area (Å²) in [6.45, 7) is 5.47. The highest BCUT2D eigenvalue weighted by Gasteiger charge is 2.23. The minimum absolute atomic E-state index is 0.00933. The monoisotopic (exact) mass is 331 g/mol. The maximum atomic E-state index is 12.4. The molecule has 1 amide bonds. The first kappa shape index (κ1) is 17.7. The number of carboxylic acid groups (broad SMARTS) is 1. The van der Waals surface area contributed by atoms with E-state index in [1.165, 1.54) is 10.9 Å². The molecule has 128 valence electrons. The number of nitrogens with one attached hydrogen (secondary N) is 1. The highest BCUT2D eigenvalue weighted by molar-refractivity contribution is 5.83. The Hall–Kier alpha value is -2.70. The number of aliphatic carboxylic acids is 1. The molecule has 1 aromatic heterocycles. The summed E-state index contributed by atoms with van der Waals surface area (Å²) in [5.41, 5.74) is 1.35. The molecule has 0 radical (unpaired) electrons. The lowest BCUT2D eigenvalue weighted by atomic mass is 10.0. The number of hydrogen-bond donors (Lipinski definition) is 2. The fourth-order valence-electron chi connectivity index (χ4n) is 2.48. The molecule has 1 atom stereocenters. The SMILES string of the molecule is Cc1cccc2c(=O)n(CCC(=O)NC(C(=O)O)C(C)C)cnc12. The molecule has 1 aromatic carbocycles. The van der Waals surface area contributed by atoms with Gasteiger partial charge in [0, 0.05) is 13.0 Å². The third-order valence-corrected chi connectivity index (χ3v) is 3.88. The molecule has 2 rings (SSSR count). The molecule has 0 aliphatic heterocycles. The number of carbonyl (C=O) groups excluding carboxylic acids is 1. The normalized spacial score (nSPS) is 12.3. The number of rotatable bonds is 6. The van der Waals surface area contributed by atoms with Crippen molar-refractivity contribution in [1.29, 1.82) is 0 Å². The molecule has 7 heteroatoms. The lowest BCUT2D eigenvalue weighted by molar-refractivity contribution is -0.143. The molecule has 0 aliphatic rings. The Morgan fingerprint density at radius 3 is 2.67 bits per heavy atom. The standard InChI is InChI=1S/C17H21N3O4/c1-10(2)14(17(23)24)19-13(21)7-8-20-9-18-15-11(3)5-4-6-12(15)16(20)22/h4-6,9-10,14H,7-8H2,1-3H3,(H,19,21)(H,23,24). The van der Waals surface area contributed by atoms with Crippen LogP contribution in [0.25, 0.3) is 10.9 Å². The van der Waals surface area contributed by atoms with Gasteiger partial charge in [-0.05, 0) is 24.5 Å². The van der Waals surface area contributed by atoms with Crippen LogP contribution in [0.4, 0.5) is 0 Å². The van der Waals surface area contributed by atoms with Crippen LogP contribution in [0.5, 0.6) is 0 Å². The quantitative estimate of drug-likeness (QED) is 0.831. The minimum atomic E-state index is -1.07. The fourth-order valence-corrected chi connectivity index (χ4v) is 2.48. The molecule has 0 fully saturated rings. The molecule has 0 aliphatic carbocycles. The summed E-state index contributed by atoms with van der Waals surface area (Å²) in [4.78, 5) is 39.8. The van der Waals surface area contributed by atoms with Crippen LogP contribution in [-0.2, 0) is 16.1 Å². The van der Waals surface area contributed by atoms with Crippen LogP contribution in [0, 0.1) is 12.8 Å². The summed E-state index contributed by atoms with van der Waals surface area (Å²) >= 11 is 0. The van der Waals surface area contributed by atoms with E-state index in [-0.39, 0.29) is 24.4 Å². The first-order chi connectivity index (χ1) is 11.3. The smallest absolute Gasteiger partial charge is 0.326 e. The zero-order chi connectivity index (χ0) is 17.9. The number of aryl methyl sites for hydroxylation is 2. The average molecular weight is 331 g/mol. The van der Waals surface area contributed by atoms with Gasteiger partial charge in [-0.3, -0.25) is 14.2 Å². The van der Waals surface area contributed by atoms with E-state index in [1.807, 2.05) is 13.0 Å². The van der Waals surface area contributed by atoms with E-state index in [9.17, 15) is 14.4 Å². The number of benzene rings is 1. The van der Waals surface area contributed by atoms with Crippen molar-refractivity contribution in [2.75, 3.05) is 0 Å². The summed E-state index contributed by atoms with van der Waals surface area (Å²) in [5, 5.41) is 12.1. The first-order valence-corrected chi connectivity index (χ1v) is 7.78. The van der Waals surface area contributed by atoms with Gasteiger partial charge in [0.1, 0.15) is 6.04 Å². The summed E-state index contributed by atoms with van der Waals surface area (Å²) < 4.78 is 1.37. The Kier molecular flexibility index (Phi) is 5.33. The van der Waals surface area contributed by atoms with Crippen molar-refractivity contribution in [2.24, 2.45) is 5.92 Å². The van der Waals surface area contributed by atoms with Crippen LogP contribution in [0.2, 0.25) is 0 Å². The van der Waals surface area contributed by atoms with E-state index in [0.29, 0.717) is 10.9 Å². The van der Waals surface area contributed by atoms with Crippen LogP contribution in [0.3, 0.4) is 0 Å². The highest BCUT2D eigenvalue weighted by atomic mass is 16.4. The Bertz CT molecular complexity index is 826. The third-order valence-electron chi connectivity index (χ3n) is 3.88. The lowest BCUT2D eigenvalue weighted by Gasteiger charge is -2.18. The third kappa shape index (κ3) is 3.79. The van der Waals surface area contributed by atoms with Crippen molar-refractivity contribution in [1.82, 2.24) is 14.9 Å². The number of fused-ring (bicyclic) bond motifs is 1. The molecule has 0 saturated heterocycles. The number of carboxylic acids is 1. The maximum Gasteiger partial charge on any atom is 0.326 e. The lowest BCUT2D eigenvalue weighted by Crippen LogP contribution is -2.44. The Labute approximate surface area is 139 Å². The summed E-state index contributed by atoms with van der Waals surface area (Å²) in [6, 6.07) is 4.43. The van der Waals surface area contributed by atoms with Crippen LogP contribution >= 0.6 is 0 Å². The second-order valence-electron chi connectivity index (χ2n) is 6.09. The fraction of sp³-hybridized carbons (Fsp3) is 0.412. The number of carbonyl (C=O) groups is 2. The summed E-state index contributed by atoms with van der Waals surface area (Å²) in [7, 11) is 0. The highest BCUT2D eigenvalue weighted by Crippen LogP contribution is 2.11. The first-order valence-electron chi connectivity index (χ1n) is 7.78. The van der Waals surface area contributed by atoms with E-state index in [0.717, 1.165) is 5.56 Å². The number of hydrogen-bond acceptors (Lipinski definition) is 4. The van der Waals surface area contributed by atoms with Crippen LogP contribution in [-0.4, -0.2) is 32.6 Å². The van der Waals surface area contributed by atoms with Gasteiger partial charge in [0.05, 0.1) is 17.2 Å². The molecule has 0 saturated carbocycles. The van der Waals surface area contributed by atoms with Gasteiger partial charge in [-0.2, -0.15) is 0 Å². The van der Waals surface area contributed by atoms with Crippen molar-refractivity contribution in [3.8, 4) is 0 Å². The van der Waals surface area contributed by atoms with Gasteiger partial charge in [-0.15, -0.1) is 0 Å². The van der Waals surface area contributed by atoms with Gasteiger partial charge in [-0.1, -0.05) is 26.0 Å². The van der Waals surface area contributed by atoms with Gasteiger partial charge < -0.3 is 10.4 Å². The van der Waals surface area contributed by atoms with Crippen molar-refractivity contribution in [3.05, 3.63) is 40.4 Å². The summed E-state index contributed by atoms with van der Waals surface area (Å²) in [6.07, 6.45) is 1.43. The van der Waals surface area contributed by atoms with E-state index in [1.54, 1.807) is 26.0 Å². The second-order valence-corrected chi connectivity index (χ2v) is 6.09. The molecular formula is C17H21N3O4. The zero-order valence-electron chi connectivity index (χ0n) is 13.9. The Morgan fingerprint density at radius 1 is 1.33 bits per heavy atom. The van der Waals surface area contributed by atoms with Gasteiger partial charge in [0.25, 0.3) is 5.56 Å². The molecule has 0 spiro atoms. The van der Waals surface area contributed by atoms with E-state index >= 15 is 0 Å². The molecule has 7 nitrogen and oxygen atoms in total. The average Bonchev–Trinajstić information content (AvgIpc) is 2.52. The molecule has 1 heterocycles. The predicted molar refractivity (Wildman–Crippen MR) is 89.8 cm³/mol. The summed E-state index contributed by atoms with van der Waals surface area (Å²) in [5.74, 6) is -1.70. The number of nitrogens with zero attached hydrogens (tertiary/aromatic N) is 2. The van der Waals surface area contributed by atoms with Gasteiger partial charge in [0.2, 0.25) is 5.91 Å². The van der Waals surface area contributed by atoms with Crippen LogP contribution < -0.4 is 10.9 Å². The van der Waals surface area contributed by atoms with Gasteiger partial charge >= 0.3 is 5.97 Å². The van der Waals surface area contributed by atoms with Crippen LogP contribution in [0.1, 0.15) is 25.8 Å². The molecule has 1 unspecified atom stereocenters. The topological polar surface area (TPSA) is 101 Å². The number of aromatic nitrogens is 2. The molecule has 0 bridgehead atoms. The van der Waals surface area contributed by atoms with Gasteiger partial charge in [-0.25, -0.2) is 9.78 Å². The van der Waals surface area contributed by atoms with Crippen molar-refractivity contribution in [3.63, 3.8) is 0 Å². The maximum absolute atomic E-state index is 12.4. The van der Waals surface area contributed by atoms with Crippen molar-refractivity contribution in [2.45, 2.75) is 39.8 Å². The molecule has 2 aromatic rings. The Morgan fingerprint density at radius 2 is 2.04 bits per heavy atom. The van der Waals surface area contributed by atoms with Crippen molar-refractivity contribution < 1.29 is 14.7 Å². The predicted octanol–water partition coefficient (Wildman–Crippen LogP) is 1.32. The van der Waals surface area contributed by atoms with E-state index in [2.05, 4.69) is 10.3 Å².